The molecule has 0 atom stereocenters. The first-order valence-electron chi connectivity index (χ1n) is 10.7. The smallest absolute Gasteiger partial charge is 0.252 e. The monoisotopic (exact) mass is 453 g/mol. The molecule has 2 aromatic carbocycles. The normalized spacial score (nSPS) is 15.2. The summed E-state index contributed by atoms with van der Waals surface area (Å²) in [6.45, 7) is 5.93. The number of nitrogens with one attached hydrogen (secondary N) is 1. The van der Waals surface area contributed by atoms with Gasteiger partial charge in [-0.15, -0.1) is 0 Å². The van der Waals surface area contributed by atoms with Gasteiger partial charge in [-0.1, -0.05) is 44.2 Å². The van der Waals surface area contributed by atoms with E-state index < -0.39 is 10.0 Å². The van der Waals surface area contributed by atoms with E-state index in [4.69, 9.17) is 4.74 Å². The Labute approximate surface area is 188 Å². The lowest BCUT2D eigenvalue weighted by Crippen LogP contribution is -2.40. The predicted molar refractivity (Wildman–Crippen MR) is 123 cm³/mol. The third kappa shape index (κ3) is 4.67. The molecule has 0 unspecified atom stereocenters. The molecule has 1 aromatic heterocycles. The van der Waals surface area contributed by atoms with Crippen LogP contribution in [0, 0.1) is 0 Å². The number of carbonyl (C=O) groups excluding carboxylic acids is 1. The number of para-hydroxylation sites is 1. The van der Waals surface area contributed by atoms with Crippen LogP contribution in [-0.4, -0.2) is 49.9 Å². The first-order valence-corrected chi connectivity index (χ1v) is 12.1. The minimum Gasteiger partial charge on any atom is -0.379 e. The lowest BCUT2D eigenvalue weighted by Gasteiger charge is -2.26. The van der Waals surface area contributed by atoms with E-state index >= 15 is 0 Å². The standard InChI is InChI=1S/C24H27N3O4S/c1-17(2)23-15-21(20-5-3-4-6-22(20)26-23)24(28)25-16-18-7-9-19(10-8-18)32(29,30)27-11-13-31-14-12-27/h3-10,15,17H,11-14,16H2,1-2H3,(H,25,28). The van der Waals surface area contributed by atoms with E-state index in [0.717, 1.165) is 22.2 Å². The third-order valence-electron chi connectivity index (χ3n) is 5.56. The summed E-state index contributed by atoms with van der Waals surface area (Å²) in [6, 6.07) is 16.1. The number of pyridine rings is 1. The van der Waals surface area contributed by atoms with Gasteiger partial charge in [0.1, 0.15) is 0 Å². The summed E-state index contributed by atoms with van der Waals surface area (Å²) < 4.78 is 32.2. The van der Waals surface area contributed by atoms with Gasteiger partial charge in [-0.25, -0.2) is 8.42 Å². The van der Waals surface area contributed by atoms with Crippen molar-refractivity contribution in [3.63, 3.8) is 0 Å². The molecular formula is C24H27N3O4S. The lowest BCUT2D eigenvalue weighted by atomic mass is 10.0. The Bertz CT molecular complexity index is 1220. The number of hydrogen-bond acceptors (Lipinski definition) is 5. The van der Waals surface area contributed by atoms with Crippen molar-refractivity contribution in [2.24, 2.45) is 0 Å². The van der Waals surface area contributed by atoms with Gasteiger partial charge in [0.15, 0.2) is 0 Å². The van der Waals surface area contributed by atoms with Crippen molar-refractivity contribution in [2.45, 2.75) is 31.2 Å². The van der Waals surface area contributed by atoms with Gasteiger partial charge in [0.05, 0.1) is 29.2 Å². The molecule has 4 rings (SSSR count). The topological polar surface area (TPSA) is 88.6 Å². The zero-order chi connectivity index (χ0) is 22.7. The molecule has 1 fully saturated rings. The molecule has 32 heavy (non-hydrogen) atoms. The first-order chi connectivity index (χ1) is 15.4. The maximum Gasteiger partial charge on any atom is 0.252 e. The minimum atomic E-state index is -3.53. The van der Waals surface area contributed by atoms with Crippen molar-refractivity contribution < 1.29 is 17.9 Å². The average Bonchev–Trinajstić information content (AvgIpc) is 2.82. The van der Waals surface area contributed by atoms with E-state index in [2.05, 4.69) is 10.3 Å². The Kier molecular flexibility index (Phi) is 6.55. The van der Waals surface area contributed by atoms with Crippen LogP contribution >= 0.6 is 0 Å². The summed E-state index contributed by atoms with van der Waals surface area (Å²) >= 11 is 0. The second-order valence-corrected chi connectivity index (χ2v) is 10.0. The van der Waals surface area contributed by atoms with Crippen molar-refractivity contribution in [1.29, 1.82) is 0 Å². The molecule has 1 N–H and O–H groups in total. The molecule has 1 aliphatic heterocycles. The fourth-order valence-corrected chi connectivity index (χ4v) is 5.08. The zero-order valence-corrected chi connectivity index (χ0v) is 19.1. The number of hydrogen-bond donors (Lipinski definition) is 1. The van der Waals surface area contributed by atoms with Crippen LogP contribution in [0.1, 0.15) is 41.4 Å². The van der Waals surface area contributed by atoms with Crippen LogP contribution in [0.3, 0.4) is 0 Å². The summed E-state index contributed by atoms with van der Waals surface area (Å²) in [5, 5.41) is 3.76. The van der Waals surface area contributed by atoms with Gasteiger partial charge in [0.2, 0.25) is 10.0 Å². The first kappa shape index (κ1) is 22.4. The maximum atomic E-state index is 13.0. The van der Waals surface area contributed by atoms with Crippen LogP contribution in [0.15, 0.2) is 59.5 Å². The van der Waals surface area contributed by atoms with Gasteiger partial charge in [0, 0.05) is 30.7 Å². The van der Waals surface area contributed by atoms with Crippen LogP contribution in [0.4, 0.5) is 0 Å². The van der Waals surface area contributed by atoms with Crippen LogP contribution in [0.25, 0.3) is 10.9 Å². The average molecular weight is 454 g/mol. The third-order valence-corrected chi connectivity index (χ3v) is 7.47. The van der Waals surface area contributed by atoms with Gasteiger partial charge in [-0.2, -0.15) is 4.31 Å². The van der Waals surface area contributed by atoms with Crippen LogP contribution in [-0.2, 0) is 21.3 Å². The van der Waals surface area contributed by atoms with Crippen molar-refractivity contribution in [3.05, 3.63) is 71.4 Å². The second-order valence-electron chi connectivity index (χ2n) is 8.11. The van der Waals surface area contributed by atoms with Gasteiger partial charge >= 0.3 is 0 Å². The fraction of sp³-hybridized carbons (Fsp3) is 0.333. The number of sulfonamides is 1. The number of ether oxygens (including phenoxy) is 1. The highest BCUT2D eigenvalue weighted by Gasteiger charge is 2.26. The van der Waals surface area contributed by atoms with Crippen molar-refractivity contribution >= 4 is 26.8 Å². The Balaban J connectivity index is 1.49. The Hall–Kier alpha value is -2.81. The van der Waals surface area contributed by atoms with E-state index in [-0.39, 0.29) is 16.7 Å². The fourth-order valence-electron chi connectivity index (χ4n) is 3.67. The number of aromatic nitrogens is 1. The quantitative estimate of drug-likeness (QED) is 0.619. The molecule has 1 amide bonds. The Morgan fingerprint density at radius 2 is 1.78 bits per heavy atom. The van der Waals surface area contributed by atoms with Gasteiger partial charge < -0.3 is 10.1 Å². The molecule has 1 saturated heterocycles. The van der Waals surface area contributed by atoms with Gasteiger partial charge in [-0.3, -0.25) is 9.78 Å². The molecule has 0 saturated carbocycles. The molecular weight excluding hydrogens is 426 g/mol. The van der Waals surface area contributed by atoms with E-state index in [1.165, 1.54) is 4.31 Å². The van der Waals surface area contributed by atoms with Crippen molar-refractivity contribution in [3.8, 4) is 0 Å². The minimum absolute atomic E-state index is 0.185. The van der Waals surface area contributed by atoms with E-state index in [1.807, 2.05) is 44.2 Å². The summed E-state index contributed by atoms with van der Waals surface area (Å²) in [5.41, 5.74) is 3.07. The van der Waals surface area contributed by atoms with E-state index in [9.17, 15) is 13.2 Å². The second kappa shape index (κ2) is 9.36. The summed E-state index contributed by atoms with van der Waals surface area (Å²) in [6.07, 6.45) is 0. The lowest BCUT2D eigenvalue weighted by molar-refractivity contribution is 0.0730. The van der Waals surface area contributed by atoms with Crippen LogP contribution in [0.2, 0.25) is 0 Å². The molecule has 1 aliphatic rings. The Morgan fingerprint density at radius 1 is 1.09 bits per heavy atom. The van der Waals surface area contributed by atoms with Crippen LogP contribution in [0.5, 0.6) is 0 Å². The summed E-state index contributed by atoms with van der Waals surface area (Å²) in [5.74, 6) is 0.0163. The van der Waals surface area contributed by atoms with Gasteiger partial charge in [-0.05, 0) is 35.7 Å². The highest BCUT2D eigenvalue weighted by molar-refractivity contribution is 7.89. The number of amides is 1. The molecule has 3 aromatic rings. The largest absolute Gasteiger partial charge is 0.379 e. The molecule has 0 spiro atoms. The predicted octanol–water partition coefficient (Wildman–Crippen LogP) is 3.31. The highest BCUT2D eigenvalue weighted by atomic mass is 32.2. The number of fused-ring (bicyclic) bond motifs is 1. The van der Waals surface area contributed by atoms with Crippen molar-refractivity contribution in [1.82, 2.24) is 14.6 Å². The Morgan fingerprint density at radius 3 is 2.47 bits per heavy atom. The maximum absolute atomic E-state index is 13.0. The number of rotatable bonds is 6. The SMILES string of the molecule is CC(C)c1cc(C(=O)NCc2ccc(S(=O)(=O)N3CCOCC3)cc2)c2ccccc2n1. The number of benzene rings is 2. The molecule has 0 bridgehead atoms. The summed E-state index contributed by atoms with van der Waals surface area (Å²) in [4.78, 5) is 17.9. The van der Waals surface area contributed by atoms with E-state index in [1.54, 1.807) is 24.3 Å². The van der Waals surface area contributed by atoms with Gasteiger partial charge in [0.25, 0.3) is 5.91 Å². The highest BCUT2D eigenvalue weighted by Crippen LogP contribution is 2.23. The molecule has 2 heterocycles. The number of nitrogens with zero attached hydrogens (tertiary/aromatic N) is 2. The molecule has 0 aliphatic carbocycles. The zero-order valence-electron chi connectivity index (χ0n) is 18.2. The molecule has 7 nitrogen and oxygen atoms in total. The molecule has 0 radical (unpaired) electrons. The van der Waals surface area contributed by atoms with Crippen LogP contribution < -0.4 is 5.32 Å². The summed E-state index contributed by atoms with van der Waals surface area (Å²) in [7, 11) is -3.53. The van der Waals surface area contributed by atoms with Crippen molar-refractivity contribution in [2.75, 3.05) is 26.3 Å². The number of carbonyl (C=O) groups is 1. The molecule has 168 valence electrons. The molecule has 8 heteroatoms. The van der Waals surface area contributed by atoms with E-state index in [0.29, 0.717) is 38.4 Å². The number of morpholine rings is 1.